The molecule has 170 valence electrons. The number of fused-ring (bicyclic) bond motifs is 2. The number of carbonyl (C=O) groups is 2. The third-order valence-corrected chi connectivity index (χ3v) is 6.52. The van der Waals surface area contributed by atoms with Crippen LogP contribution in [0.1, 0.15) is 40.6 Å². The Morgan fingerprint density at radius 3 is 2.75 bits per heavy atom. The molecule has 9 nitrogen and oxygen atoms in total. The van der Waals surface area contributed by atoms with Gasteiger partial charge in [-0.2, -0.15) is 0 Å². The highest BCUT2D eigenvalue weighted by Gasteiger charge is 2.26. The first-order valence-electron chi connectivity index (χ1n) is 10.1. The quantitative estimate of drug-likeness (QED) is 0.340. The van der Waals surface area contributed by atoms with Crippen molar-refractivity contribution >= 4 is 45.5 Å². The lowest BCUT2D eigenvalue weighted by atomic mass is 9.95. The number of anilines is 1. The zero-order valence-corrected chi connectivity index (χ0v) is 19.2. The van der Waals surface area contributed by atoms with E-state index in [1.807, 2.05) is 0 Å². The average Bonchev–Trinajstić information content (AvgIpc) is 3.40. The molecule has 0 radical (unpaired) electrons. The van der Waals surface area contributed by atoms with Crippen LogP contribution in [-0.2, 0) is 22.4 Å². The molecule has 1 aromatic heterocycles. The van der Waals surface area contributed by atoms with Gasteiger partial charge in [0.15, 0.2) is 22.7 Å². The summed E-state index contributed by atoms with van der Waals surface area (Å²) in [6, 6.07) is 5.08. The van der Waals surface area contributed by atoms with Gasteiger partial charge in [0, 0.05) is 10.9 Å². The number of thiophene rings is 1. The van der Waals surface area contributed by atoms with Crippen LogP contribution >= 0.6 is 23.6 Å². The van der Waals surface area contributed by atoms with Crippen molar-refractivity contribution in [1.82, 2.24) is 10.9 Å². The first-order valence-corrected chi connectivity index (χ1v) is 11.3. The maximum Gasteiger partial charge on any atom is 0.341 e. The molecule has 4 rings (SSSR count). The highest BCUT2D eigenvalue weighted by atomic mass is 32.1. The number of hydrogen-bond acceptors (Lipinski definition) is 8. The fraction of sp³-hybridized carbons (Fsp3) is 0.381. The number of nitrogens with one attached hydrogen (secondary N) is 3. The van der Waals surface area contributed by atoms with E-state index in [1.165, 1.54) is 18.4 Å². The maximum absolute atomic E-state index is 12.4. The standard InChI is InChI=1S/C21H23N3O6S2/c1-11(30-12-7-8-14-15(9-12)29-10-28-14)18(25)23-24-21(31)22-19-17(20(26)27-2)13-5-3-4-6-16(13)32-19/h7-9,11H,3-6,10H2,1-2H3,(H,23,25)(H2,22,24,31)/t11-/m1/s1. The predicted molar refractivity (Wildman–Crippen MR) is 122 cm³/mol. The van der Waals surface area contributed by atoms with Gasteiger partial charge in [-0.25, -0.2) is 4.79 Å². The Bertz CT molecular complexity index is 1050. The SMILES string of the molecule is COC(=O)c1c(NC(=S)NNC(=O)[C@@H](C)Oc2ccc3c(c2)OCO3)sc2c1CCCC2. The minimum Gasteiger partial charge on any atom is -0.481 e. The molecule has 2 heterocycles. The van der Waals surface area contributed by atoms with Crippen LogP contribution in [0.5, 0.6) is 17.2 Å². The van der Waals surface area contributed by atoms with E-state index in [9.17, 15) is 9.59 Å². The van der Waals surface area contributed by atoms with Crippen molar-refractivity contribution in [2.24, 2.45) is 0 Å². The molecule has 32 heavy (non-hydrogen) atoms. The zero-order valence-electron chi connectivity index (χ0n) is 17.6. The first-order chi connectivity index (χ1) is 15.5. The molecule has 11 heteroatoms. The van der Waals surface area contributed by atoms with Crippen LogP contribution < -0.4 is 30.4 Å². The summed E-state index contributed by atoms with van der Waals surface area (Å²) in [4.78, 5) is 25.9. The number of esters is 1. The van der Waals surface area contributed by atoms with E-state index in [4.69, 9.17) is 31.2 Å². The third-order valence-electron chi connectivity index (χ3n) is 5.11. The van der Waals surface area contributed by atoms with E-state index < -0.39 is 18.0 Å². The molecule has 0 saturated heterocycles. The smallest absolute Gasteiger partial charge is 0.341 e. The highest BCUT2D eigenvalue weighted by molar-refractivity contribution is 7.80. The van der Waals surface area contributed by atoms with Crippen molar-refractivity contribution in [2.75, 3.05) is 19.2 Å². The van der Waals surface area contributed by atoms with Gasteiger partial charge in [0.25, 0.3) is 5.91 Å². The topological polar surface area (TPSA) is 107 Å². The molecule has 2 aromatic rings. The van der Waals surface area contributed by atoms with E-state index >= 15 is 0 Å². The summed E-state index contributed by atoms with van der Waals surface area (Å²) < 4.78 is 21.2. The van der Waals surface area contributed by atoms with Crippen molar-refractivity contribution in [3.05, 3.63) is 34.2 Å². The van der Waals surface area contributed by atoms with Crippen LogP contribution in [0.15, 0.2) is 18.2 Å². The summed E-state index contributed by atoms with van der Waals surface area (Å²) in [5.74, 6) is 0.854. The van der Waals surface area contributed by atoms with Crippen molar-refractivity contribution in [2.45, 2.75) is 38.7 Å². The molecule has 1 aliphatic carbocycles. The van der Waals surface area contributed by atoms with E-state index in [1.54, 1.807) is 25.1 Å². The molecule has 0 unspecified atom stereocenters. The molecule has 0 spiro atoms. The second-order valence-electron chi connectivity index (χ2n) is 7.25. The van der Waals surface area contributed by atoms with Crippen LogP contribution in [0.4, 0.5) is 5.00 Å². The molecule has 1 aliphatic heterocycles. The lowest BCUT2D eigenvalue weighted by molar-refractivity contribution is -0.127. The van der Waals surface area contributed by atoms with Gasteiger partial charge >= 0.3 is 5.97 Å². The Balaban J connectivity index is 1.33. The summed E-state index contributed by atoms with van der Waals surface area (Å²) in [6.45, 7) is 1.77. The van der Waals surface area contributed by atoms with Crippen molar-refractivity contribution < 1.29 is 28.5 Å². The lowest BCUT2D eigenvalue weighted by Gasteiger charge is -2.16. The Kier molecular flexibility index (Phi) is 6.66. The van der Waals surface area contributed by atoms with Gasteiger partial charge in [-0.05, 0) is 62.5 Å². The van der Waals surface area contributed by atoms with Crippen molar-refractivity contribution in [1.29, 1.82) is 0 Å². The highest BCUT2D eigenvalue weighted by Crippen LogP contribution is 2.38. The van der Waals surface area contributed by atoms with Gasteiger partial charge < -0.3 is 24.3 Å². The first kappa shape index (κ1) is 22.2. The number of rotatable bonds is 5. The van der Waals surface area contributed by atoms with Crippen molar-refractivity contribution in [3.8, 4) is 17.2 Å². The molecule has 3 N–H and O–H groups in total. The number of hydrogen-bond donors (Lipinski definition) is 3. The Labute approximate surface area is 194 Å². The zero-order chi connectivity index (χ0) is 22.7. The maximum atomic E-state index is 12.4. The largest absolute Gasteiger partial charge is 0.481 e. The minimum absolute atomic E-state index is 0.150. The van der Waals surface area contributed by atoms with Crippen LogP contribution in [0.2, 0.25) is 0 Å². The van der Waals surface area contributed by atoms with Gasteiger partial charge in [0.1, 0.15) is 10.8 Å². The molecule has 2 aliphatic rings. The van der Waals surface area contributed by atoms with E-state index in [0.29, 0.717) is 27.8 Å². The molecule has 1 aromatic carbocycles. The molecular formula is C21H23N3O6S2. The van der Waals surface area contributed by atoms with E-state index in [-0.39, 0.29) is 11.9 Å². The number of benzene rings is 1. The molecule has 1 amide bonds. The third kappa shape index (κ3) is 4.73. The van der Waals surface area contributed by atoms with Crippen LogP contribution in [-0.4, -0.2) is 37.0 Å². The number of thiocarbonyl (C=S) groups is 1. The second-order valence-corrected chi connectivity index (χ2v) is 8.76. The fourth-order valence-corrected chi connectivity index (χ4v) is 5.03. The van der Waals surface area contributed by atoms with E-state index in [0.717, 1.165) is 36.1 Å². The summed E-state index contributed by atoms with van der Waals surface area (Å²) in [7, 11) is 1.36. The van der Waals surface area contributed by atoms with E-state index in [2.05, 4.69) is 16.2 Å². The Hall–Kier alpha value is -3.05. The predicted octanol–water partition coefficient (Wildman–Crippen LogP) is 2.93. The van der Waals surface area contributed by atoms with Gasteiger partial charge in [-0.1, -0.05) is 0 Å². The van der Waals surface area contributed by atoms with Gasteiger partial charge in [-0.3, -0.25) is 15.6 Å². The van der Waals surface area contributed by atoms with Crippen LogP contribution in [0.3, 0.4) is 0 Å². The molecule has 0 bridgehead atoms. The number of aryl methyl sites for hydroxylation is 1. The van der Waals surface area contributed by atoms with Gasteiger partial charge in [0.2, 0.25) is 6.79 Å². The lowest BCUT2D eigenvalue weighted by Crippen LogP contribution is -2.48. The summed E-state index contributed by atoms with van der Waals surface area (Å²) in [5.41, 5.74) is 6.71. The molecule has 0 fully saturated rings. The minimum atomic E-state index is -0.801. The normalized spacial score (nSPS) is 14.7. The second kappa shape index (κ2) is 9.61. The summed E-state index contributed by atoms with van der Waals surface area (Å²) in [6.07, 6.45) is 3.09. The summed E-state index contributed by atoms with van der Waals surface area (Å²) >= 11 is 6.78. The number of ether oxygens (including phenoxy) is 4. The monoisotopic (exact) mass is 477 g/mol. The molecule has 0 saturated carbocycles. The fourth-order valence-electron chi connectivity index (χ4n) is 3.53. The number of methoxy groups -OCH3 is 1. The van der Waals surface area contributed by atoms with Crippen LogP contribution in [0, 0.1) is 0 Å². The molecule has 1 atom stereocenters. The van der Waals surface area contributed by atoms with Crippen LogP contribution in [0.25, 0.3) is 0 Å². The van der Waals surface area contributed by atoms with Gasteiger partial charge in [-0.15, -0.1) is 11.3 Å². The Morgan fingerprint density at radius 2 is 1.94 bits per heavy atom. The Morgan fingerprint density at radius 1 is 1.16 bits per heavy atom. The number of amides is 1. The number of hydrazine groups is 1. The average molecular weight is 478 g/mol. The van der Waals surface area contributed by atoms with Crippen molar-refractivity contribution in [3.63, 3.8) is 0 Å². The summed E-state index contributed by atoms with van der Waals surface area (Å²) in [5, 5.41) is 3.77. The molecular weight excluding hydrogens is 454 g/mol. The number of carbonyl (C=O) groups excluding carboxylic acids is 2. The van der Waals surface area contributed by atoms with Gasteiger partial charge in [0.05, 0.1) is 12.7 Å².